The molecule has 1 fully saturated rings. The largest absolute Gasteiger partial charge is 0.338 e. The summed E-state index contributed by atoms with van der Waals surface area (Å²) in [5.74, 6) is 0.797. The molecule has 5 nitrogen and oxygen atoms in total. The van der Waals surface area contributed by atoms with Crippen molar-refractivity contribution in [1.82, 2.24) is 4.90 Å². The van der Waals surface area contributed by atoms with Gasteiger partial charge in [0.25, 0.3) is 5.91 Å². The van der Waals surface area contributed by atoms with E-state index in [4.69, 9.17) is 5.14 Å². The molecule has 0 aromatic heterocycles. The minimum absolute atomic E-state index is 0.00533. The van der Waals surface area contributed by atoms with Gasteiger partial charge in [0.1, 0.15) is 0 Å². The molecule has 2 unspecified atom stereocenters. The summed E-state index contributed by atoms with van der Waals surface area (Å²) < 4.78 is 23.1. The molecule has 1 saturated heterocycles. The fraction of sp³-hybridized carbons (Fsp3) is 0.533. The van der Waals surface area contributed by atoms with E-state index in [1.54, 1.807) is 11.8 Å². The molecule has 2 atom stereocenters. The number of carbonyl (C=O) groups excluding carboxylic acids is 1. The Bertz CT molecular complexity index is 672. The lowest BCUT2D eigenvalue weighted by molar-refractivity contribution is 0.0784. The topological polar surface area (TPSA) is 80.5 Å². The van der Waals surface area contributed by atoms with Crippen molar-refractivity contribution in [3.63, 3.8) is 0 Å². The van der Waals surface area contributed by atoms with Crippen LogP contribution >= 0.6 is 0 Å². The number of hydrogen-bond donors (Lipinski definition) is 1. The maximum Gasteiger partial charge on any atom is 0.254 e. The smallest absolute Gasteiger partial charge is 0.254 e. The van der Waals surface area contributed by atoms with Gasteiger partial charge in [0.2, 0.25) is 10.0 Å². The Morgan fingerprint density at radius 2 is 1.71 bits per heavy atom. The van der Waals surface area contributed by atoms with Gasteiger partial charge in [0.15, 0.2) is 0 Å². The average Bonchev–Trinajstić information content (AvgIpc) is 2.70. The van der Waals surface area contributed by atoms with Crippen LogP contribution in [0.2, 0.25) is 0 Å². The fourth-order valence-electron chi connectivity index (χ4n) is 2.68. The van der Waals surface area contributed by atoms with E-state index in [2.05, 4.69) is 13.8 Å². The number of carbonyl (C=O) groups is 1. The first-order valence-corrected chi connectivity index (χ1v) is 8.59. The van der Waals surface area contributed by atoms with E-state index in [0.29, 0.717) is 30.5 Å². The van der Waals surface area contributed by atoms with Crippen LogP contribution in [0.4, 0.5) is 0 Å². The number of primary sulfonamides is 1. The predicted molar refractivity (Wildman–Crippen MR) is 81.5 cm³/mol. The number of likely N-dealkylation sites (tertiary alicyclic amines) is 1. The molecule has 2 rings (SSSR count). The van der Waals surface area contributed by atoms with Gasteiger partial charge in [-0.25, -0.2) is 13.6 Å². The molecule has 6 heteroatoms. The van der Waals surface area contributed by atoms with E-state index in [9.17, 15) is 13.2 Å². The molecule has 1 aliphatic heterocycles. The lowest BCUT2D eigenvalue weighted by atomic mass is 10.0. The molecule has 0 bridgehead atoms. The van der Waals surface area contributed by atoms with Crippen LogP contribution in [0.5, 0.6) is 0 Å². The molecule has 0 saturated carbocycles. The van der Waals surface area contributed by atoms with Crippen molar-refractivity contribution in [3.05, 3.63) is 28.8 Å². The number of sulfonamides is 1. The molecule has 21 heavy (non-hydrogen) atoms. The summed E-state index contributed by atoms with van der Waals surface area (Å²) in [6.07, 6.45) is 0. The Hall–Kier alpha value is -1.40. The Balaban J connectivity index is 2.44. The zero-order chi connectivity index (χ0) is 15.9. The Kier molecular flexibility index (Phi) is 4.13. The maximum atomic E-state index is 12.7. The molecular weight excluding hydrogens is 288 g/mol. The standard InChI is InChI=1S/C15H22N2O3S/c1-9-5-13(21(16,19)20)6-14(12(9)4)15(18)17-7-10(2)11(3)8-17/h5-6,10-11H,7-8H2,1-4H3,(H2,16,19,20). The average molecular weight is 310 g/mol. The van der Waals surface area contributed by atoms with E-state index in [-0.39, 0.29) is 10.8 Å². The van der Waals surface area contributed by atoms with Crippen molar-refractivity contribution in [2.45, 2.75) is 32.6 Å². The Morgan fingerprint density at radius 1 is 1.19 bits per heavy atom. The van der Waals surface area contributed by atoms with Crippen molar-refractivity contribution in [1.29, 1.82) is 0 Å². The van der Waals surface area contributed by atoms with E-state index in [1.807, 2.05) is 6.92 Å². The van der Waals surface area contributed by atoms with Crippen LogP contribution in [0, 0.1) is 25.7 Å². The van der Waals surface area contributed by atoms with Gasteiger partial charge in [-0.15, -0.1) is 0 Å². The molecule has 2 N–H and O–H groups in total. The molecule has 0 spiro atoms. The summed E-state index contributed by atoms with van der Waals surface area (Å²) in [7, 11) is -3.81. The second-order valence-corrected chi connectivity index (χ2v) is 7.68. The number of rotatable bonds is 2. The zero-order valence-electron chi connectivity index (χ0n) is 12.9. The van der Waals surface area contributed by atoms with Gasteiger partial charge in [0.05, 0.1) is 4.90 Å². The SMILES string of the molecule is Cc1cc(S(N)(=O)=O)cc(C(=O)N2CC(C)C(C)C2)c1C. The van der Waals surface area contributed by atoms with Gasteiger partial charge in [0, 0.05) is 18.7 Å². The highest BCUT2D eigenvalue weighted by atomic mass is 32.2. The fourth-order valence-corrected chi connectivity index (χ4v) is 3.30. The lowest BCUT2D eigenvalue weighted by Crippen LogP contribution is -2.30. The van der Waals surface area contributed by atoms with E-state index < -0.39 is 10.0 Å². The quantitative estimate of drug-likeness (QED) is 0.902. The maximum absolute atomic E-state index is 12.7. The summed E-state index contributed by atoms with van der Waals surface area (Å²) in [6, 6.07) is 2.91. The third-order valence-electron chi connectivity index (χ3n) is 4.48. The highest BCUT2D eigenvalue weighted by Gasteiger charge is 2.31. The first-order chi connectivity index (χ1) is 9.61. The van der Waals surface area contributed by atoms with Crippen LogP contribution < -0.4 is 5.14 Å². The van der Waals surface area contributed by atoms with Crippen molar-refractivity contribution >= 4 is 15.9 Å². The zero-order valence-corrected chi connectivity index (χ0v) is 13.7. The first-order valence-electron chi connectivity index (χ1n) is 7.04. The molecule has 1 amide bonds. The van der Waals surface area contributed by atoms with Gasteiger partial charge in [-0.2, -0.15) is 0 Å². The Labute approximate surface area is 126 Å². The molecule has 116 valence electrons. The summed E-state index contributed by atoms with van der Waals surface area (Å²) in [5, 5.41) is 5.19. The van der Waals surface area contributed by atoms with Gasteiger partial charge in [-0.1, -0.05) is 13.8 Å². The number of benzene rings is 1. The number of hydrogen-bond acceptors (Lipinski definition) is 3. The summed E-state index contributed by atoms with van der Waals surface area (Å²) in [6.45, 7) is 9.28. The highest BCUT2D eigenvalue weighted by Crippen LogP contribution is 2.26. The number of nitrogens with two attached hydrogens (primary N) is 1. The van der Waals surface area contributed by atoms with E-state index >= 15 is 0 Å². The number of nitrogens with zero attached hydrogens (tertiary/aromatic N) is 1. The number of amides is 1. The lowest BCUT2D eigenvalue weighted by Gasteiger charge is -2.19. The molecule has 1 aliphatic rings. The minimum atomic E-state index is -3.81. The van der Waals surface area contributed by atoms with Gasteiger partial charge in [-0.05, 0) is 48.9 Å². The minimum Gasteiger partial charge on any atom is -0.338 e. The van der Waals surface area contributed by atoms with Crippen LogP contribution in [0.15, 0.2) is 17.0 Å². The molecular formula is C15H22N2O3S. The third-order valence-corrected chi connectivity index (χ3v) is 5.37. The van der Waals surface area contributed by atoms with Gasteiger partial charge < -0.3 is 4.90 Å². The molecule has 1 heterocycles. The van der Waals surface area contributed by atoms with Crippen molar-refractivity contribution < 1.29 is 13.2 Å². The second-order valence-electron chi connectivity index (χ2n) is 6.12. The van der Waals surface area contributed by atoms with Crippen molar-refractivity contribution in [2.75, 3.05) is 13.1 Å². The number of aryl methyl sites for hydroxylation is 1. The Morgan fingerprint density at radius 3 is 2.19 bits per heavy atom. The molecule has 1 aromatic rings. The van der Waals surface area contributed by atoms with Crippen LogP contribution in [-0.2, 0) is 10.0 Å². The third kappa shape index (κ3) is 3.11. The monoisotopic (exact) mass is 310 g/mol. The van der Waals surface area contributed by atoms with E-state index in [1.165, 1.54) is 12.1 Å². The highest BCUT2D eigenvalue weighted by molar-refractivity contribution is 7.89. The summed E-state index contributed by atoms with van der Waals surface area (Å²) in [5.41, 5.74) is 1.99. The van der Waals surface area contributed by atoms with Crippen molar-refractivity contribution in [2.24, 2.45) is 17.0 Å². The predicted octanol–water partition coefficient (Wildman–Crippen LogP) is 1.68. The first kappa shape index (κ1) is 16.0. The van der Waals surface area contributed by atoms with Gasteiger partial charge >= 0.3 is 0 Å². The summed E-state index contributed by atoms with van der Waals surface area (Å²) in [4.78, 5) is 14.5. The molecule has 0 radical (unpaired) electrons. The van der Waals surface area contributed by atoms with E-state index in [0.717, 1.165) is 11.1 Å². The summed E-state index contributed by atoms with van der Waals surface area (Å²) >= 11 is 0. The molecule has 1 aromatic carbocycles. The van der Waals surface area contributed by atoms with Crippen LogP contribution in [0.3, 0.4) is 0 Å². The van der Waals surface area contributed by atoms with Crippen LogP contribution in [0.25, 0.3) is 0 Å². The van der Waals surface area contributed by atoms with Crippen LogP contribution in [0.1, 0.15) is 35.3 Å². The normalized spacial score (nSPS) is 22.6. The molecule has 0 aliphatic carbocycles. The van der Waals surface area contributed by atoms with Crippen molar-refractivity contribution in [3.8, 4) is 0 Å². The van der Waals surface area contributed by atoms with Gasteiger partial charge in [-0.3, -0.25) is 4.79 Å². The second kappa shape index (κ2) is 5.42. The van der Waals surface area contributed by atoms with Crippen LogP contribution in [-0.4, -0.2) is 32.3 Å².